The molecular formula is C80H62. The van der Waals surface area contributed by atoms with E-state index in [4.69, 9.17) is 0 Å². The van der Waals surface area contributed by atoms with E-state index in [1.165, 1.54) is 164 Å². The summed E-state index contributed by atoms with van der Waals surface area (Å²) in [7, 11) is 0. The lowest BCUT2D eigenvalue weighted by molar-refractivity contribution is 1.47. The number of aryl methyl sites for hydroxylation is 4. The molecule has 16 rings (SSSR count). The molecule has 0 amide bonds. The summed E-state index contributed by atoms with van der Waals surface area (Å²) in [6, 6.07) is 97.6. The van der Waals surface area contributed by atoms with Gasteiger partial charge in [0.2, 0.25) is 0 Å². The van der Waals surface area contributed by atoms with E-state index in [9.17, 15) is 0 Å². The Kier molecular flexibility index (Phi) is 13.1. The molecule has 0 saturated heterocycles. The predicted octanol–water partition coefficient (Wildman–Crippen LogP) is 23.2. The molecule has 0 saturated carbocycles. The topological polar surface area (TPSA) is 0 Å². The summed E-state index contributed by atoms with van der Waals surface area (Å²) >= 11 is 0. The number of hydrogen-bond donors (Lipinski definition) is 0. The minimum Gasteiger partial charge on any atom is -0.0683 e. The van der Waals surface area contributed by atoms with Gasteiger partial charge in [-0.25, -0.2) is 0 Å². The summed E-state index contributed by atoms with van der Waals surface area (Å²) in [6.45, 7) is 12.6. The lowest BCUT2D eigenvalue weighted by atomic mass is 9.86. The summed E-state index contributed by atoms with van der Waals surface area (Å²) in [5.74, 6) is 0. The van der Waals surface area contributed by atoms with Gasteiger partial charge in [0.15, 0.2) is 0 Å². The van der Waals surface area contributed by atoms with Crippen LogP contribution < -0.4 is 0 Å². The monoisotopic (exact) mass is 1020 g/mol. The molecule has 0 spiro atoms. The van der Waals surface area contributed by atoms with Crippen LogP contribution in [0.15, 0.2) is 267 Å². The van der Waals surface area contributed by atoms with E-state index in [1.807, 2.05) is 13.8 Å². The minimum atomic E-state index is 1.26. The molecule has 0 fully saturated rings. The molecule has 0 unspecified atom stereocenters. The van der Waals surface area contributed by atoms with Crippen molar-refractivity contribution >= 4 is 97.0 Å². The van der Waals surface area contributed by atoms with Crippen LogP contribution in [0, 0.1) is 27.7 Å². The smallest absolute Gasteiger partial charge is 0.00201 e. The van der Waals surface area contributed by atoms with Gasteiger partial charge >= 0.3 is 0 Å². The molecular weight excluding hydrogens is 961 g/mol. The highest BCUT2D eigenvalue weighted by atomic mass is 14.2. The first-order chi connectivity index (χ1) is 39.4. The minimum absolute atomic E-state index is 1.26. The Labute approximate surface area is 469 Å². The average molecular weight is 1020 g/mol. The largest absolute Gasteiger partial charge is 0.0683 e. The molecule has 0 aromatic heterocycles. The fourth-order valence-electron chi connectivity index (χ4n) is 12.6. The SMILES string of the molecule is CC.Cc1ccc(-c2c3ccccc3c(-c3ccccc3)c3ccccc23)cc1.Cc1ccc(-c2ccc3c4cccc5cccc(c6cccc2c63)c54)cc1.Cc1ccc(-c2ccc3ccc4c(C)ccc5ccc2c3c54)cc1. The summed E-state index contributed by atoms with van der Waals surface area (Å²) in [4.78, 5) is 0. The Morgan fingerprint density at radius 1 is 0.188 bits per heavy atom. The van der Waals surface area contributed by atoms with Gasteiger partial charge in [-0.15, -0.1) is 0 Å². The lowest BCUT2D eigenvalue weighted by Crippen LogP contribution is -1.90. The second-order valence-electron chi connectivity index (χ2n) is 21.3. The molecule has 0 heteroatoms. The van der Waals surface area contributed by atoms with Crippen LogP contribution in [0.1, 0.15) is 36.1 Å². The van der Waals surface area contributed by atoms with Crippen LogP contribution in [0.25, 0.3) is 141 Å². The molecule has 0 aliphatic carbocycles. The first-order valence-corrected chi connectivity index (χ1v) is 28.3. The molecule has 0 heterocycles. The highest BCUT2D eigenvalue weighted by molar-refractivity contribution is 6.34. The van der Waals surface area contributed by atoms with E-state index in [0.717, 1.165) is 0 Å². The summed E-state index contributed by atoms with van der Waals surface area (Å²) < 4.78 is 0. The summed E-state index contributed by atoms with van der Waals surface area (Å²) in [6.07, 6.45) is 0. The van der Waals surface area contributed by atoms with Crippen LogP contribution in [0.3, 0.4) is 0 Å². The van der Waals surface area contributed by atoms with Crippen molar-refractivity contribution in [2.24, 2.45) is 0 Å². The predicted molar refractivity (Wildman–Crippen MR) is 351 cm³/mol. The Bertz CT molecular complexity index is 4780. The molecule has 0 nitrogen and oxygen atoms in total. The number of rotatable bonds is 4. The van der Waals surface area contributed by atoms with Gasteiger partial charge < -0.3 is 0 Å². The lowest BCUT2D eigenvalue weighted by Gasteiger charge is -2.17. The van der Waals surface area contributed by atoms with E-state index in [1.54, 1.807) is 0 Å². The molecule has 0 aliphatic heterocycles. The second kappa shape index (κ2) is 21.0. The van der Waals surface area contributed by atoms with Crippen molar-refractivity contribution in [1.29, 1.82) is 0 Å². The highest BCUT2D eigenvalue weighted by Gasteiger charge is 2.18. The van der Waals surface area contributed by atoms with Crippen molar-refractivity contribution in [3.05, 3.63) is 289 Å². The van der Waals surface area contributed by atoms with Gasteiger partial charge in [0.05, 0.1) is 0 Å². The molecule has 0 N–H and O–H groups in total. The molecule has 0 bridgehead atoms. The third-order valence-corrected chi connectivity index (χ3v) is 16.5. The third-order valence-electron chi connectivity index (χ3n) is 16.5. The standard InChI is InChI=1S/C27H18.C27H20.C24H18.C2H6/c1-17-11-13-18(14-12-17)20-15-16-25-23-8-3-6-19-5-2-7-22(26(19)23)24-10-4-9-21(20)27(24)25;1-19-15-17-21(18-16-19)27-24-13-7-5-11-22(24)26(20-9-3-2-4-10-20)23-12-6-8-14-25(23)27;1-15-3-6-17(7-4-15)21-13-10-19-9-12-20-16(2)5-8-18-11-14-22(21)24(19)23(18)20;1-2/h2-16H,1H3;2-18H,1H3;3-14H,1-2H3;1-2H3. The van der Waals surface area contributed by atoms with Gasteiger partial charge in [-0.2, -0.15) is 0 Å². The number of hydrogen-bond acceptors (Lipinski definition) is 0. The third kappa shape index (κ3) is 8.66. The highest BCUT2D eigenvalue weighted by Crippen LogP contribution is 2.46. The van der Waals surface area contributed by atoms with Crippen molar-refractivity contribution in [2.75, 3.05) is 0 Å². The maximum atomic E-state index is 2.31. The zero-order valence-electron chi connectivity index (χ0n) is 46.4. The van der Waals surface area contributed by atoms with E-state index < -0.39 is 0 Å². The van der Waals surface area contributed by atoms with Crippen LogP contribution in [-0.2, 0) is 0 Å². The molecule has 0 atom stereocenters. The fourth-order valence-corrected chi connectivity index (χ4v) is 12.6. The van der Waals surface area contributed by atoms with E-state index in [0.29, 0.717) is 0 Å². The van der Waals surface area contributed by atoms with Crippen molar-refractivity contribution in [3.63, 3.8) is 0 Å². The Hall–Kier alpha value is -9.62. The van der Waals surface area contributed by atoms with Gasteiger partial charge in [0, 0.05) is 0 Å². The molecule has 80 heavy (non-hydrogen) atoms. The van der Waals surface area contributed by atoms with Crippen LogP contribution in [0.2, 0.25) is 0 Å². The molecule has 382 valence electrons. The van der Waals surface area contributed by atoms with E-state index in [2.05, 4.69) is 295 Å². The first kappa shape index (κ1) is 49.9. The Morgan fingerprint density at radius 2 is 0.512 bits per heavy atom. The van der Waals surface area contributed by atoms with Crippen molar-refractivity contribution in [2.45, 2.75) is 41.5 Å². The van der Waals surface area contributed by atoms with Crippen molar-refractivity contribution in [1.82, 2.24) is 0 Å². The fraction of sp³-hybridized carbons (Fsp3) is 0.0750. The van der Waals surface area contributed by atoms with Crippen LogP contribution in [0.5, 0.6) is 0 Å². The molecule has 16 aromatic rings. The normalized spacial score (nSPS) is 11.4. The quantitative estimate of drug-likeness (QED) is 0.122. The van der Waals surface area contributed by atoms with Crippen molar-refractivity contribution < 1.29 is 0 Å². The van der Waals surface area contributed by atoms with Gasteiger partial charge in [0.1, 0.15) is 0 Å². The Balaban J connectivity index is 0.000000112. The van der Waals surface area contributed by atoms with E-state index >= 15 is 0 Å². The molecule has 0 radical (unpaired) electrons. The summed E-state index contributed by atoms with van der Waals surface area (Å²) in [5, 5.41) is 24.2. The van der Waals surface area contributed by atoms with Gasteiger partial charge in [0.25, 0.3) is 0 Å². The average Bonchev–Trinajstić information content (AvgIpc) is 3.60. The van der Waals surface area contributed by atoms with Crippen LogP contribution >= 0.6 is 0 Å². The maximum absolute atomic E-state index is 2.31. The first-order valence-electron chi connectivity index (χ1n) is 28.3. The van der Waals surface area contributed by atoms with E-state index in [-0.39, 0.29) is 0 Å². The van der Waals surface area contributed by atoms with Gasteiger partial charge in [-0.05, 0) is 175 Å². The molecule has 0 aliphatic rings. The second-order valence-corrected chi connectivity index (χ2v) is 21.3. The summed E-state index contributed by atoms with van der Waals surface area (Å²) in [5.41, 5.74) is 15.6. The Morgan fingerprint density at radius 3 is 1.04 bits per heavy atom. The van der Waals surface area contributed by atoms with Gasteiger partial charge in [-0.1, -0.05) is 297 Å². The van der Waals surface area contributed by atoms with Crippen LogP contribution in [0.4, 0.5) is 0 Å². The number of fused-ring (bicyclic) bond motifs is 4. The maximum Gasteiger partial charge on any atom is -0.00201 e. The zero-order valence-corrected chi connectivity index (χ0v) is 46.4. The zero-order chi connectivity index (χ0) is 54.4. The van der Waals surface area contributed by atoms with Gasteiger partial charge in [-0.3, -0.25) is 0 Å². The van der Waals surface area contributed by atoms with Crippen molar-refractivity contribution in [3.8, 4) is 44.5 Å². The number of benzene rings is 16. The van der Waals surface area contributed by atoms with Crippen LogP contribution in [-0.4, -0.2) is 0 Å². The molecule has 16 aromatic carbocycles.